The van der Waals surface area contributed by atoms with Crippen molar-refractivity contribution in [2.75, 3.05) is 0 Å². The summed E-state index contributed by atoms with van der Waals surface area (Å²) in [6.07, 6.45) is 1.41. The monoisotopic (exact) mass is 605 g/mol. The highest BCUT2D eigenvalue weighted by atomic mass is 79.9. The van der Waals surface area contributed by atoms with E-state index in [0.717, 1.165) is 15.4 Å². The zero-order valence-corrected chi connectivity index (χ0v) is 22.6. The van der Waals surface area contributed by atoms with E-state index in [1.807, 2.05) is 36.4 Å². The lowest BCUT2D eigenvalue weighted by atomic mass is 10.0. The summed E-state index contributed by atoms with van der Waals surface area (Å²) in [6, 6.07) is 26.3. The zero-order valence-electron chi connectivity index (χ0n) is 19.5. The van der Waals surface area contributed by atoms with Gasteiger partial charge in [-0.25, -0.2) is 10.2 Å². The van der Waals surface area contributed by atoms with Gasteiger partial charge < -0.3 is 9.72 Å². The number of halogens is 3. The maximum absolute atomic E-state index is 13.3. The number of carbonyl (C=O) groups is 2. The van der Waals surface area contributed by atoms with Crippen LogP contribution in [0.25, 0.3) is 22.0 Å². The fourth-order valence-corrected chi connectivity index (χ4v) is 4.64. The first kappa shape index (κ1) is 25.7. The Labute approximate surface area is 236 Å². The highest BCUT2D eigenvalue weighted by molar-refractivity contribution is 9.10. The van der Waals surface area contributed by atoms with Gasteiger partial charge in [-0.15, -0.1) is 0 Å². The Hall–Kier alpha value is -3.91. The minimum atomic E-state index is -0.542. The number of nitrogens with one attached hydrogen (secondary N) is 2. The van der Waals surface area contributed by atoms with Crippen LogP contribution in [0.3, 0.4) is 0 Å². The Morgan fingerprint density at radius 3 is 2.45 bits per heavy atom. The van der Waals surface area contributed by atoms with Crippen LogP contribution in [0.15, 0.2) is 101 Å². The van der Waals surface area contributed by atoms with Gasteiger partial charge in [0, 0.05) is 42.1 Å². The third kappa shape index (κ3) is 5.50. The van der Waals surface area contributed by atoms with E-state index < -0.39 is 11.9 Å². The molecule has 0 fully saturated rings. The lowest BCUT2D eigenvalue weighted by Gasteiger charge is -2.08. The summed E-state index contributed by atoms with van der Waals surface area (Å²) in [7, 11) is 0. The minimum absolute atomic E-state index is 0.290. The molecule has 5 rings (SSSR count). The van der Waals surface area contributed by atoms with Gasteiger partial charge in [0.25, 0.3) is 5.91 Å². The molecule has 0 saturated heterocycles. The van der Waals surface area contributed by atoms with Gasteiger partial charge in [0.1, 0.15) is 11.4 Å². The van der Waals surface area contributed by atoms with E-state index in [9.17, 15) is 9.59 Å². The van der Waals surface area contributed by atoms with E-state index in [1.165, 1.54) is 6.21 Å². The Kier molecular flexibility index (Phi) is 7.60. The summed E-state index contributed by atoms with van der Waals surface area (Å²) in [5.74, 6) is -0.711. The van der Waals surface area contributed by atoms with Crippen LogP contribution in [0.4, 0.5) is 0 Å². The minimum Gasteiger partial charge on any atom is -0.422 e. The lowest BCUT2D eigenvalue weighted by molar-refractivity contribution is 0.0734. The Balaban J connectivity index is 1.40. The van der Waals surface area contributed by atoms with E-state index in [-0.39, 0.29) is 5.75 Å². The molecule has 38 heavy (non-hydrogen) atoms. The number of rotatable bonds is 6. The number of hydrogen-bond donors (Lipinski definition) is 2. The summed E-state index contributed by atoms with van der Waals surface area (Å²) in [5.41, 5.74) is 5.88. The summed E-state index contributed by atoms with van der Waals surface area (Å²) in [6.45, 7) is 0. The highest BCUT2D eigenvalue weighted by Crippen LogP contribution is 2.37. The van der Waals surface area contributed by atoms with Crippen molar-refractivity contribution < 1.29 is 14.3 Å². The summed E-state index contributed by atoms with van der Waals surface area (Å²) >= 11 is 15.9. The molecule has 0 radical (unpaired) electrons. The second-order valence-corrected chi connectivity index (χ2v) is 9.94. The van der Waals surface area contributed by atoms with E-state index in [0.29, 0.717) is 38.0 Å². The van der Waals surface area contributed by atoms with Crippen LogP contribution in [0.2, 0.25) is 10.0 Å². The second kappa shape index (κ2) is 11.2. The number of para-hydroxylation sites is 1. The smallest absolute Gasteiger partial charge is 0.343 e. The number of aromatic amines is 1. The molecule has 1 aromatic heterocycles. The van der Waals surface area contributed by atoms with E-state index in [2.05, 4.69) is 31.4 Å². The summed E-state index contributed by atoms with van der Waals surface area (Å²) < 4.78 is 6.41. The maximum atomic E-state index is 13.3. The molecular formula is C29H18BrCl2N3O3. The second-order valence-electron chi connectivity index (χ2n) is 8.18. The molecule has 1 amide bonds. The number of fused-ring (bicyclic) bond motifs is 1. The molecule has 0 aliphatic heterocycles. The van der Waals surface area contributed by atoms with Crippen molar-refractivity contribution in [1.29, 1.82) is 0 Å². The van der Waals surface area contributed by atoms with E-state index in [1.54, 1.807) is 54.6 Å². The van der Waals surface area contributed by atoms with Crippen molar-refractivity contribution in [3.63, 3.8) is 0 Å². The maximum Gasteiger partial charge on any atom is 0.343 e. The zero-order chi connectivity index (χ0) is 26.6. The first-order valence-corrected chi connectivity index (χ1v) is 12.9. The van der Waals surface area contributed by atoms with Crippen molar-refractivity contribution >= 4 is 68.1 Å². The van der Waals surface area contributed by atoms with Crippen molar-refractivity contribution in [1.82, 2.24) is 10.4 Å². The number of carbonyl (C=O) groups excluding carboxylic acids is 2. The van der Waals surface area contributed by atoms with Gasteiger partial charge in [0.15, 0.2) is 0 Å². The predicted octanol–water partition coefficient (Wildman–Crippen LogP) is 7.89. The first-order valence-electron chi connectivity index (χ1n) is 11.4. The number of nitrogens with zero attached hydrogens (tertiary/aromatic N) is 1. The highest BCUT2D eigenvalue weighted by Gasteiger charge is 2.21. The van der Waals surface area contributed by atoms with Gasteiger partial charge >= 0.3 is 5.97 Å². The third-order valence-corrected chi connectivity index (χ3v) is 6.78. The van der Waals surface area contributed by atoms with Crippen LogP contribution in [0.5, 0.6) is 5.75 Å². The van der Waals surface area contributed by atoms with E-state index >= 15 is 0 Å². The van der Waals surface area contributed by atoms with Crippen LogP contribution in [0, 0.1) is 0 Å². The number of esters is 1. The van der Waals surface area contributed by atoms with Gasteiger partial charge in [-0.3, -0.25) is 4.79 Å². The molecule has 0 spiro atoms. The quantitative estimate of drug-likeness (QED) is 0.0892. The fraction of sp³-hybridized carbons (Fsp3) is 0. The van der Waals surface area contributed by atoms with Crippen LogP contribution in [-0.2, 0) is 0 Å². The predicted molar refractivity (Wildman–Crippen MR) is 154 cm³/mol. The molecule has 0 aliphatic rings. The number of benzene rings is 4. The van der Waals surface area contributed by atoms with Crippen LogP contribution < -0.4 is 10.2 Å². The topological polar surface area (TPSA) is 83.5 Å². The van der Waals surface area contributed by atoms with Gasteiger partial charge in [-0.2, -0.15) is 5.10 Å². The Morgan fingerprint density at radius 2 is 1.66 bits per heavy atom. The first-order chi connectivity index (χ1) is 18.4. The largest absolute Gasteiger partial charge is 0.422 e. The van der Waals surface area contributed by atoms with Gasteiger partial charge in [0.05, 0.1) is 11.8 Å². The van der Waals surface area contributed by atoms with Crippen molar-refractivity contribution in [3.8, 4) is 16.9 Å². The van der Waals surface area contributed by atoms with Crippen molar-refractivity contribution in [3.05, 3.63) is 122 Å². The van der Waals surface area contributed by atoms with Gasteiger partial charge in [-0.1, -0.05) is 69.5 Å². The lowest BCUT2D eigenvalue weighted by Crippen LogP contribution is -2.19. The number of amides is 1. The molecule has 9 heteroatoms. The van der Waals surface area contributed by atoms with Crippen molar-refractivity contribution in [2.24, 2.45) is 5.10 Å². The van der Waals surface area contributed by atoms with Crippen molar-refractivity contribution in [2.45, 2.75) is 0 Å². The number of aromatic nitrogens is 1. The number of hydrogen-bond acceptors (Lipinski definition) is 4. The standard InChI is InChI=1S/C29H18BrCl2N3O3/c30-19-11-14-24-22(15-19)26(21-6-2-3-7-23(21)32)27(34-24)28(36)35-33-16-18-5-1-4-8-25(18)38-29(37)17-9-12-20(31)13-10-17/h1-16,34H,(H,35,36). The Morgan fingerprint density at radius 1 is 0.921 bits per heavy atom. The average Bonchev–Trinajstić information content (AvgIpc) is 3.28. The molecule has 1 heterocycles. The molecule has 188 valence electrons. The number of H-pyrrole nitrogens is 1. The third-order valence-electron chi connectivity index (χ3n) is 5.70. The molecule has 0 atom stereocenters. The van der Waals surface area contributed by atoms with Gasteiger partial charge in [-0.05, 0) is 60.7 Å². The van der Waals surface area contributed by atoms with Gasteiger partial charge in [0.2, 0.25) is 0 Å². The molecule has 0 aliphatic carbocycles. The molecule has 6 nitrogen and oxygen atoms in total. The molecule has 5 aromatic rings. The summed E-state index contributed by atoms with van der Waals surface area (Å²) in [4.78, 5) is 29.0. The average molecular weight is 607 g/mol. The molecule has 4 aromatic carbocycles. The number of hydrazone groups is 1. The normalized spacial score (nSPS) is 11.1. The van der Waals surface area contributed by atoms with Crippen LogP contribution in [-0.4, -0.2) is 23.1 Å². The Bertz CT molecular complexity index is 1700. The van der Waals surface area contributed by atoms with Crippen LogP contribution >= 0.6 is 39.1 Å². The fourth-order valence-electron chi connectivity index (χ4n) is 3.92. The summed E-state index contributed by atoms with van der Waals surface area (Å²) in [5, 5.41) is 5.99. The SMILES string of the molecule is O=C(Oc1ccccc1C=NNC(=O)c1[nH]c2ccc(Br)cc2c1-c1ccccc1Cl)c1ccc(Cl)cc1. The number of ether oxygens (including phenoxy) is 1. The molecule has 0 unspecified atom stereocenters. The van der Waals surface area contributed by atoms with E-state index in [4.69, 9.17) is 27.9 Å². The molecular weight excluding hydrogens is 589 g/mol. The molecule has 0 saturated carbocycles. The molecule has 0 bridgehead atoms. The van der Waals surface area contributed by atoms with Crippen LogP contribution in [0.1, 0.15) is 26.4 Å². The molecule has 2 N–H and O–H groups in total.